The summed E-state index contributed by atoms with van der Waals surface area (Å²) in [5.41, 5.74) is 1.61. The number of amides is 1. The van der Waals surface area contributed by atoms with E-state index in [0.29, 0.717) is 5.41 Å². The fourth-order valence-electron chi connectivity index (χ4n) is 3.47. The van der Waals surface area contributed by atoms with Crippen molar-refractivity contribution in [3.8, 4) is 0 Å². The zero-order valence-electron chi connectivity index (χ0n) is 12.7. The molecule has 1 saturated heterocycles. The van der Waals surface area contributed by atoms with Gasteiger partial charge in [-0.3, -0.25) is 4.79 Å². The van der Waals surface area contributed by atoms with Crippen LogP contribution in [0.1, 0.15) is 31.2 Å². The van der Waals surface area contributed by atoms with Crippen LogP contribution in [0.5, 0.6) is 0 Å². The molecule has 122 valence electrons. The molecule has 1 aliphatic heterocycles. The molecule has 2 N–H and O–H groups in total. The Morgan fingerprint density at radius 2 is 1.95 bits per heavy atom. The van der Waals surface area contributed by atoms with Gasteiger partial charge in [0.25, 0.3) is 0 Å². The van der Waals surface area contributed by atoms with Crippen LogP contribution in [0, 0.1) is 11.3 Å². The van der Waals surface area contributed by atoms with Gasteiger partial charge >= 0.3 is 0 Å². The molecule has 22 heavy (non-hydrogen) atoms. The molecular formula is C17H24Cl2N2O. The molecule has 5 heteroatoms. The first-order valence-corrected chi connectivity index (χ1v) is 8.30. The Kier molecular flexibility index (Phi) is 6.13. The third-order valence-electron chi connectivity index (χ3n) is 4.96. The van der Waals surface area contributed by atoms with Crippen molar-refractivity contribution >= 4 is 29.9 Å². The number of hydrogen-bond acceptors (Lipinski definition) is 2. The van der Waals surface area contributed by atoms with Crippen LogP contribution in [-0.2, 0) is 11.2 Å². The molecule has 1 amide bonds. The van der Waals surface area contributed by atoms with E-state index >= 15 is 0 Å². The van der Waals surface area contributed by atoms with E-state index in [2.05, 4.69) is 22.8 Å². The summed E-state index contributed by atoms with van der Waals surface area (Å²) in [7, 11) is 0. The quantitative estimate of drug-likeness (QED) is 0.806. The van der Waals surface area contributed by atoms with Gasteiger partial charge in [0, 0.05) is 17.5 Å². The molecule has 1 saturated carbocycles. The number of aryl methyl sites for hydroxylation is 1. The lowest BCUT2D eigenvalue weighted by atomic mass is 9.92. The Hall–Kier alpha value is -0.770. The van der Waals surface area contributed by atoms with Gasteiger partial charge < -0.3 is 10.6 Å². The van der Waals surface area contributed by atoms with Crippen molar-refractivity contribution in [1.82, 2.24) is 10.6 Å². The van der Waals surface area contributed by atoms with E-state index in [-0.39, 0.29) is 24.2 Å². The van der Waals surface area contributed by atoms with E-state index in [0.717, 1.165) is 56.8 Å². The van der Waals surface area contributed by atoms with Gasteiger partial charge in [-0.05, 0) is 68.3 Å². The SMILES string of the molecule is Cl.O=C(NCCCc1ccc(Cl)cc1)C1CC12CCNCC2. The van der Waals surface area contributed by atoms with Crippen LogP contribution >= 0.6 is 24.0 Å². The molecule has 2 fully saturated rings. The number of nitrogens with one attached hydrogen (secondary N) is 2. The Morgan fingerprint density at radius 1 is 1.27 bits per heavy atom. The Labute approximate surface area is 143 Å². The topological polar surface area (TPSA) is 41.1 Å². The average molecular weight is 343 g/mol. The molecular weight excluding hydrogens is 319 g/mol. The van der Waals surface area contributed by atoms with Crippen LogP contribution in [0.4, 0.5) is 0 Å². The molecule has 1 unspecified atom stereocenters. The fourth-order valence-corrected chi connectivity index (χ4v) is 3.60. The van der Waals surface area contributed by atoms with Crippen LogP contribution in [-0.4, -0.2) is 25.5 Å². The fraction of sp³-hybridized carbons (Fsp3) is 0.588. The van der Waals surface area contributed by atoms with E-state index in [9.17, 15) is 4.79 Å². The number of carbonyl (C=O) groups excluding carboxylic acids is 1. The van der Waals surface area contributed by atoms with Crippen molar-refractivity contribution in [2.75, 3.05) is 19.6 Å². The molecule has 0 bridgehead atoms. The summed E-state index contributed by atoms with van der Waals surface area (Å²) in [5, 5.41) is 7.26. The molecule has 1 aromatic rings. The highest BCUT2D eigenvalue weighted by Crippen LogP contribution is 2.58. The van der Waals surface area contributed by atoms with Crippen LogP contribution < -0.4 is 10.6 Å². The molecule has 1 atom stereocenters. The van der Waals surface area contributed by atoms with Crippen molar-refractivity contribution in [3.05, 3.63) is 34.9 Å². The molecule has 1 spiro atoms. The van der Waals surface area contributed by atoms with Gasteiger partial charge in [-0.2, -0.15) is 0 Å². The average Bonchev–Trinajstić information content (AvgIpc) is 3.19. The van der Waals surface area contributed by atoms with Crippen molar-refractivity contribution in [1.29, 1.82) is 0 Å². The summed E-state index contributed by atoms with van der Waals surface area (Å²) < 4.78 is 0. The summed E-state index contributed by atoms with van der Waals surface area (Å²) in [6.45, 7) is 2.91. The van der Waals surface area contributed by atoms with Crippen LogP contribution in [0.25, 0.3) is 0 Å². The molecule has 1 heterocycles. The van der Waals surface area contributed by atoms with E-state index < -0.39 is 0 Å². The minimum atomic E-state index is 0. The monoisotopic (exact) mass is 342 g/mol. The highest BCUT2D eigenvalue weighted by molar-refractivity contribution is 6.30. The molecule has 1 aromatic carbocycles. The van der Waals surface area contributed by atoms with E-state index in [4.69, 9.17) is 11.6 Å². The van der Waals surface area contributed by atoms with Gasteiger partial charge in [0.05, 0.1) is 0 Å². The van der Waals surface area contributed by atoms with Gasteiger partial charge in [0.1, 0.15) is 0 Å². The van der Waals surface area contributed by atoms with Crippen molar-refractivity contribution < 1.29 is 4.79 Å². The zero-order valence-corrected chi connectivity index (χ0v) is 14.3. The van der Waals surface area contributed by atoms with Crippen LogP contribution in [0.2, 0.25) is 5.02 Å². The number of benzene rings is 1. The standard InChI is InChI=1S/C17H23ClN2O.ClH/c18-14-5-3-13(4-6-14)2-1-9-20-16(21)15-12-17(15)7-10-19-11-8-17;/h3-6,15,19H,1-2,7-12H2,(H,20,21);1H. The molecule has 0 aromatic heterocycles. The van der Waals surface area contributed by atoms with Crippen molar-refractivity contribution in [2.45, 2.75) is 32.1 Å². The normalized spacial score (nSPS) is 22.0. The van der Waals surface area contributed by atoms with Gasteiger partial charge in [0.2, 0.25) is 5.91 Å². The summed E-state index contributed by atoms with van der Waals surface area (Å²) in [4.78, 5) is 12.2. The minimum Gasteiger partial charge on any atom is -0.356 e. The van der Waals surface area contributed by atoms with Crippen molar-refractivity contribution in [3.63, 3.8) is 0 Å². The highest BCUT2D eigenvalue weighted by Gasteiger charge is 2.57. The van der Waals surface area contributed by atoms with E-state index in [1.807, 2.05) is 12.1 Å². The first kappa shape index (κ1) is 17.6. The van der Waals surface area contributed by atoms with Crippen LogP contribution in [0.15, 0.2) is 24.3 Å². The number of halogens is 2. The van der Waals surface area contributed by atoms with Gasteiger partial charge in [-0.25, -0.2) is 0 Å². The second kappa shape index (κ2) is 7.67. The Bertz CT molecular complexity index is 498. The van der Waals surface area contributed by atoms with Gasteiger partial charge in [0.15, 0.2) is 0 Å². The van der Waals surface area contributed by atoms with Crippen molar-refractivity contribution in [2.24, 2.45) is 11.3 Å². The third kappa shape index (κ3) is 4.15. The molecule has 2 aliphatic rings. The summed E-state index contributed by atoms with van der Waals surface area (Å²) in [5.74, 6) is 0.545. The maximum atomic E-state index is 12.2. The van der Waals surface area contributed by atoms with Crippen LogP contribution in [0.3, 0.4) is 0 Å². The first-order valence-electron chi connectivity index (χ1n) is 7.92. The summed E-state index contributed by atoms with van der Waals surface area (Å²) in [6, 6.07) is 7.94. The van der Waals surface area contributed by atoms with E-state index in [1.54, 1.807) is 0 Å². The predicted molar refractivity (Wildman–Crippen MR) is 92.7 cm³/mol. The van der Waals surface area contributed by atoms with Gasteiger partial charge in [-0.1, -0.05) is 23.7 Å². The number of hydrogen-bond donors (Lipinski definition) is 2. The molecule has 3 nitrogen and oxygen atoms in total. The third-order valence-corrected chi connectivity index (χ3v) is 5.21. The highest BCUT2D eigenvalue weighted by atomic mass is 35.5. The Morgan fingerprint density at radius 3 is 2.64 bits per heavy atom. The largest absolute Gasteiger partial charge is 0.356 e. The maximum Gasteiger partial charge on any atom is 0.223 e. The maximum absolute atomic E-state index is 12.2. The first-order chi connectivity index (χ1) is 10.2. The Balaban J connectivity index is 0.00000176. The lowest BCUT2D eigenvalue weighted by Gasteiger charge is -2.23. The second-order valence-corrected chi connectivity index (χ2v) is 6.83. The predicted octanol–water partition coefficient (Wildman–Crippen LogP) is 3.20. The molecule has 3 rings (SSSR count). The smallest absolute Gasteiger partial charge is 0.223 e. The van der Waals surface area contributed by atoms with Gasteiger partial charge in [-0.15, -0.1) is 12.4 Å². The number of rotatable bonds is 5. The number of carbonyl (C=O) groups is 1. The lowest BCUT2D eigenvalue weighted by Crippen LogP contribution is -2.34. The number of piperidine rings is 1. The zero-order chi connectivity index (χ0) is 14.7. The molecule has 1 aliphatic carbocycles. The second-order valence-electron chi connectivity index (χ2n) is 6.39. The molecule has 0 radical (unpaired) electrons. The lowest BCUT2D eigenvalue weighted by molar-refractivity contribution is -0.123. The van der Waals surface area contributed by atoms with E-state index in [1.165, 1.54) is 5.56 Å². The summed E-state index contributed by atoms with van der Waals surface area (Å²) >= 11 is 5.87. The minimum absolute atomic E-state index is 0. The summed E-state index contributed by atoms with van der Waals surface area (Å²) in [6.07, 6.45) is 5.38.